The van der Waals surface area contributed by atoms with E-state index in [4.69, 9.17) is 0 Å². The lowest BCUT2D eigenvalue weighted by Crippen LogP contribution is -1.94. The van der Waals surface area contributed by atoms with E-state index in [1.54, 1.807) is 18.6 Å². The molecular weight excluding hydrogens is 224 g/mol. The lowest BCUT2D eigenvalue weighted by Gasteiger charge is -2.02. The maximum atomic E-state index is 4.48. The molecule has 0 aliphatic carbocycles. The summed E-state index contributed by atoms with van der Waals surface area (Å²) in [5.41, 5.74) is 2.39. The van der Waals surface area contributed by atoms with Crippen LogP contribution in [0, 0.1) is 0 Å². The van der Waals surface area contributed by atoms with Crippen LogP contribution in [0.25, 0.3) is 22.9 Å². The lowest BCUT2D eigenvalue weighted by atomic mass is 10.2. The summed E-state index contributed by atoms with van der Waals surface area (Å²) in [6, 6.07) is 13.2. The van der Waals surface area contributed by atoms with E-state index in [0.29, 0.717) is 5.82 Å². The van der Waals surface area contributed by atoms with Crippen LogP contribution in [-0.2, 0) is 0 Å². The van der Waals surface area contributed by atoms with Crippen molar-refractivity contribution in [3.63, 3.8) is 0 Å². The highest BCUT2D eigenvalue weighted by Gasteiger charge is 2.05. The summed E-state index contributed by atoms with van der Waals surface area (Å²) in [6.45, 7) is 0. The molecule has 0 fully saturated rings. The fourth-order valence-corrected chi connectivity index (χ4v) is 1.63. The molecule has 0 aromatic carbocycles. The zero-order valence-electron chi connectivity index (χ0n) is 9.56. The first kappa shape index (κ1) is 10.5. The minimum absolute atomic E-state index is 0.610. The van der Waals surface area contributed by atoms with E-state index in [9.17, 15) is 0 Å². The van der Waals surface area contributed by atoms with Gasteiger partial charge in [0, 0.05) is 18.6 Å². The van der Waals surface area contributed by atoms with Gasteiger partial charge in [0.2, 0.25) is 0 Å². The van der Waals surface area contributed by atoms with E-state index in [1.807, 2.05) is 42.5 Å². The van der Waals surface area contributed by atoms with Crippen LogP contribution in [0.4, 0.5) is 0 Å². The van der Waals surface area contributed by atoms with Gasteiger partial charge in [0.1, 0.15) is 5.69 Å². The minimum Gasteiger partial charge on any atom is -0.255 e. The predicted molar refractivity (Wildman–Crippen MR) is 68.5 cm³/mol. The Bertz CT molecular complexity index is 583. The third-order valence-electron chi connectivity index (χ3n) is 2.48. The second-order valence-electron chi connectivity index (χ2n) is 3.70. The van der Waals surface area contributed by atoms with Crippen LogP contribution in [0.15, 0.2) is 61.1 Å². The molecule has 3 aromatic rings. The summed E-state index contributed by atoms with van der Waals surface area (Å²) in [7, 11) is 0. The van der Waals surface area contributed by atoms with Gasteiger partial charge in [-0.2, -0.15) is 0 Å². The van der Waals surface area contributed by atoms with Crippen LogP contribution in [0.3, 0.4) is 0 Å². The number of aromatic nitrogens is 4. The molecule has 3 heterocycles. The van der Waals surface area contributed by atoms with Crippen molar-refractivity contribution in [2.75, 3.05) is 0 Å². The number of pyridine rings is 2. The van der Waals surface area contributed by atoms with Crippen molar-refractivity contribution in [2.24, 2.45) is 0 Å². The Morgan fingerprint density at radius 1 is 0.556 bits per heavy atom. The second-order valence-corrected chi connectivity index (χ2v) is 3.70. The van der Waals surface area contributed by atoms with Crippen molar-refractivity contribution in [2.45, 2.75) is 0 Å². The average Bonchev–Trinajstić information content (AvgIpc) is 2.49. The van der Waals surface area contributed by atoms with E-state index in [0.717, 1.165) is 17.1 Å². The van der Waals surface area contributed by atoms with Gasteiger partial charge >= 0.3 is 0 Å². The fourth-order valence-electron chi connectivity index (χ4n) is 1.63. The van der Waals surface area contributed by atoms with Gasteiger partial charge in [-0.1, -0.05) is 12.1 Å². The normalized spacial score (nSPS) is 10.2. The quantitative estimate of drug-likeness (QED) is 0.684. The van der Waals surface area contributed by atoms with E-state index in [2.05, 4.69) is 19.9 Å². The highest BCUT2D eigenvalue weighted by Crippen LogP contribution is 2.16. The highest BCUT2D eigenvalue weighted by atomic mass is 14.9. The summed E-state index contributed by atoms with van der Waals surface area (Å²) in [5.74, 6) is 0.610. The van der Waals surface area contributed by atoms with Crippen LogP contribution in [0.1, 0.15) is 0 Å². The molecule has 0 saturated heterocycles. The maximum absolute atomic E-state index is 4.48. The van der Waals surface area contributed by atoms with Crippen molar-refractivity contribution in [1.82, 2.24) is 19.9 Å². The van der Waals surface area contributed by atoms with Crippen LogP contribution in [0.5, 0.6) is 0 Å². The number of hydrogen-bond donors (Lipinski definition) is 0. The molecule has 3 rings (SSSR count). The molecule has 18 heavy (non-hydrogen) atoms. The molecule has 0 saturated carbocycles. The first-order valence-corrected chi connectivity index (χ1v) is 5.59. The van der Waals surface area contributed by atoms with Crippen molar-refractivity contribution in [3.05, 3.63) is 61.1 Å². The molecule has 0 amide bonds. The fraction of sp³-hybridized carbons (Fsp3) is 0. The van der Waals surface area contributed by atoms with Gasteiger partial charge in [-0.15, -0.1) is 0 Å². The Morgan fingerprint density at radius 3 is 1.94 bits per heavy atom. The highest BCUT2D eigenvalue weighted by molar-refractivity contribution is 5.58. The molecule has 0 N–H and O–H groups in total. The van der Waals surface area contributed by atoms with Crippen molar-refractivity contribution < 1.29 is 0 Å². The third kappa shape index (κ3) is 2.08. The zero-order chi connectivity index (χ0) is 12.2. The molecule has 4 heteroatoms. The molecule has 0 radical (unpaired) electrons. The minimum atomic E-state index is 0.610. The molecule has 4 nitrogen and oxygen atoms in total. The lowest BCUT2D eigenvalue weighted by molar-refractivity contribution is 1.13. The zero-order valence-corrected chi connectivity index (χ0v) is 9.56. The Morgan fingerprint density at radius 2 is 1.28 bits per heavy atom. The van der Waals surface area contributed by atoms with E-state index < -0.39 is 0 Å². The molecule has 0 bridgehead atoms. The maximum Gasteiger partial charge on any atom is 0.178 e. The van der Waals surface area contributed by atoms with Crippen LogP contribution in [0.2, 0.25) is 0 Å². The molecule has 3 aromatic heterocycles. The monoisotopic (exact) mass is 234 g/mol. The molecule has 0 aliphatic heterocycles. The van der Waals surface area contributed by atoms with Gasteiger partial charge in [-0.05, 0) is 30.3 Å². The molecule has 0 atom stereocenters. The van der Waals surface area contributed by atoms with Crippen molar-refractivity contribution in [1.29, 1.82) is 0 Å². The SMILES string of the molecule is c1ccc(-c2ccnc(-c3ccccn3)n2)nc1. The van der Waals surface area contributed by atoms with Crippen molar-refractivity contribution >= 4 is 0 Å². The number of rotatable bonds is 2. The van der Waals surface area contributed by atoms with Crippen LogP contribution >= 0.6 is 0 Å². The smallest absolute Gasteiger partial charge is 0.178 e. The Kier molecular flexibility index (Phi) is 2.75. The summed E-state index contributed by atoms with van der Waals surface area (Å²) >= 11 is 0. The van der Waals surface area contributed by atoms with Crippen molar-refractivity contribution in [3.8, 4) is 22.9 Å². The Labute approximate surface area is 104 Å². The summed E-state index contributed by atoms with van der Waals surface area (Å²) < 4.78 is 0. The summed E-state index contributed by atoms with van der Waals surface area (Å²) in [4.78, 5) is 17.2. The predicted octanol–water partition coefficient (Wildman–Crippen LogP) is 2.60. The molecule has 0 unspecified atom stereocenters. The van der Waals surface area contributed by atoms with Gasteiger partial charge < -0.3 is 0 Å². The van der Waals surface area contributed by atoms with Crippen LogP contribution in [-0.4, -0.2) is 19.9 Å². The Balaban J connectivity index is 2.05. The molecule has 0 aliphatic rings. The second kappa shape index (κ2) is 4.71. The standard InChI is InChI=1S/C14H10N4/c1-3-8-15-11(5-1)12-7-10-17-14(18-12)13-6-2-4-9-16-13/h1-10H. The summed E-state index contributed by atoms with van der Waals surface area (Å²) in [6.07, 6.45) is 5.20. The summed E-state index contributed by atoms with van der Waals surface area (Å²) in [5, 5.41) is 0. The van der Waals surface area contributed by atoms with Gasteiger partial charge in [0.25, 0.3) is 0 Å². The third-order valence-corrected chi connectivity index (χ3v) is 2.48. The van der Waals surface area contributed by atoms with Gasteiger partial charge in [-0.3, -0.25) is 9.97 Å². The van der Waals surface area contributed by atoms with Crippen LogP contribution < -0.4 is 0 Å². The van der Waals surface area contributed by atoms with E-state index in [-0.39, 0.29) is 0 Å². The van der Waals surface area contributed by atoms with Gasteiger partial charge in [0.15, 0.2) is 5.82 Å². The molecular formula is C14H10N4. The Hall–Kier alpha value is -2.62. The number of nitrogens with zero attached hydrogens (tertiary/aromatic N) is 4. The van der Waals surface area contributed by atoms with Gasteiger partial charge in [-0.25, -0.2) is 9.97 Å². The molecule has 86 valence electrons. The first-order chi connectivity index (χ1) is 8.93. The van der Waals surface area contributed by atoms with E-state index >= 15 is 0 Å². The van der Waals surface area contributed by atoms with E-state index in [1.165, 1.54) is 0 Å². The topological polar surface area (TPSA) is 51.6 Å². The largest absolute Gasteiger partial charge is 0.255 e. The first-order valence-electron chi connectivity index (χ1n) is 5.59. The average molecular weight is 234 g/mol. The van der Waals surface area contributed by atoms with Gasteiger partial charge in [0.05, 0.1) is 11.4 Å². The molecule has 0 spiro atoms. The number of hydrogen-bond acceptors (Lipinski definition) is 4.